The minimum atomic E-state index is -0.126. The Balaban J connectivity index is 1.24. The minimum absolute atomic E-state index is 0.0874. The number of benzene rings is 3. The van der Waals surface area contributed by atoms with Gasteiger partial charge in [0.15, 0.2) is 0 Å². The number of H-pyrrole nitrogens is 1. The van der Waals surface area contributed by atoms with E-state index >= 15 is 0 Å². The molecule has 1 aromatic heterocycles. The zero-order chi connectivity index (χ0) is 26.2. The number of aromatic nitrogens is 1. The van der Waals surface area contributed by atoms with Gasteiger partial charge in [-0.15, -0.1) is 0 Å². The number of hydrogen-bond donors (Lipinski definition) is 2. The van der Waals surface area contributed by atoms with Crippen LogP contribution in [0.5, 0.6) is 0 Å². The summed E-state index contributed by atoms with van der Waals surface area (Å²) in [5.74, 6) is 0. The molecule has 6 rings (SSSR count). The quantitative estimate of drug-likeness (QED) is 0.402. The zero-order valence-electron chi connectivity index (χ0n) is 21.9. The third-order valence-corrected chi connectivity index (χ3v) is 7.80. The molecule has 0 bridgehead atoms. The summed E-state index contributed by atoms with van der Waals surface area (Å²) in [7, 11) is 0. The molecule has 0 atom stereocenters. The lowest BCUT2D eigenvalue weighted by Gasteiger charge is -2.38. The second-order valence-electron chi connectivity index (χ2n) is 10.4. The molecule has 0 unspecified atom stereocenters. The highest BCUT2D eigenvalue weighted by molar-refractivity contribution is 5.94. The van der Waals surface area contributed by atoms with E-state index in [4.69, 9.17) is 0 Å². The number of anilines is 2. The van der Waals surface area contributed by atoms with Crippen molar-refractivity contribution < 1.29 is 4.79 Å². The summed E-state index contributed by atoms with van der Waals surface area (Å²) < 4.78 is 0. The predicted octanol–water partition coefficient (Wildman–Crippen LogP) is 4.92. The molecule has 194 valence electrons. The predicted molar refractivity (Wildman–Crippen MR) is 155 cm³/mol. The van der Waals surface area contributed by atoms with Crippen molar-refractivity contribution in [2.24, 2.45) is 0 Å². The average molecular weight is 508 g/mol. The van der Waals surface area contributed by atoms with Crippen molar-refractivity contribution in [2.45, 2.75) is 19.9 Å². The highest BCUT2D eigenvalue weighted by Gasteiger charge is 2.21. The van der Waals surface area contributed by atoms with Crippen molar-refractivity contribution >= 4 is 28.3 Å². The van der Waals surface area contributed by atoms with E-state index in [1.807, 2.05) is 36.4 Å². The van der Waals surface area contributed by atoms with E-state index < -0.39 is 0 Å². The van der Waals surface area contributed by atoms with E-state index in [0.717, 1.165) is 59.5 Å². The Kier molecular flexibility index (Phi) is 6.37. The Bertz CT molecular complexity index is 1520. The third kappa shape index (κ3) is 4.65. The van der Waals surface area contributed by atoms with Crippen LogP contribution in [-0.2, 0) is 0 Å². The minimum Gasteiger partial charge on any atom is -0.369 e. The Labute approximate surface area is 222 Å². The molecular weight excluding hydrogens is 474 g/mol. The second-order valence-corrected chi connectivity index (χ2v) is 10.4. The molecular formula is C31H33N5O2. The van der Waals surface area contributed by atoms with Gasteiger partial charge in [-0.2, -0.15) is 0 Å². The summed E-state index contributed by atoms with van der Waals surface area (Å²) in [5.41, 5.74) is 6.48. The molecule has 3 heterocycles. The van der Waals surface area contributed by atoms with E-state index in [1.54, 1.807) is 4.90 Å². The number of carbonyl (C=O) groups is 1. The molecule has 2 amide bonds. The molecule has 2 N–H and O–H groups in total. The summed E-state index contributed by atoms with van der Waals surface area (Å²) in [6.07, 6.45) is 0. The topological polar surface area (TPSA) is 71.7 Å². The number of hydrogen-bond acceptors (Lipinski definition) is 4. The van der Waals surface area contributed by atoms with Crippen molar-refractivity contribution in [3.8, 4) is 22.3 Å². The number of carbonyl (C=O) groups excluding carboxylic acids is 1. The fourth-order valence-electron chi connectivity index (χ4n) is 5.50. The Morgan fingerprint density at radius 3 is 2.03 bits per heavy atom. The average Bonchev–Trinajstić information content (AvgIpc) is 3.38. The third-order valence-electron chi connectivity index (χ3n) is 7.80. The SMILES string of the molecule is CC(C)N1CCN(c2ccc(-c3ccc4[nH]c(=O)c(-c5ccc(N6CCNC6=O)cc5)cc4c3)cc2)CC1. The monoisotopic (exact) mass is 507 g/mol. The van der Waals surface area contributed by atoms with Crippen LogP contribution in [0.1, 0.15) is 13.8 Å². The molecule has 2 saturated heterocycles. The van der Waals surface area contributed by atoms with Gasteiger partial charge in [-0.1, -0.05) is 30.3 Å². The van der Waals surface area contributed by atoms with Crippen LogP contribution < -0.4 is 20.7 Å². The highest BCUT2D eigenvalue weighted by Crippen LogP contribution is 2.29. The van der Waals surface area contributed by atoms with Gasteiger partial charge < -0.3 is 15.2 Å². The van der Waals surface area contributed by atoms with Gasteiger partial charge in [0, 0.05) is 67.8 Å². The maximum atomic E-state index is 12.9. The molecule has 0 saturated carbocycles. The number of fused-ring (bicyclic) bond motifs is 1. The first kappa shape index (κ1) is 24.2. The first-order chi connectivity index (χ1) is 18.5. The van der Waals surface area contributed by atoms with Gasteiger partial charge in [0.2, 0.25) is 0 Å². The van der Waals surface area contributed by atoms with Crippen molar-refractivity contribution in [3.05, 3.63) is 83.2 Å². The Morgan fingerprint density at radius 2 is 1.37 bits per heavy atom. The largest absolute Gasteiger partial charge is 0.369 e. The molecule has 2 fully saturated rings. The fourth-order valence-corrected chi connectivity index (χ4v) is 5.50. The van der Waals surface area contributed by atoms with Crippen LogP contribution in [0.15, 0.2) is 77.6 Å². The molecule has 4 aromatic rings. The normalized spacial score (nSPS) is 16.4. The van der Waals surface area contributed by atoms with Crippen LogP contribution in [-0.4, -0.2) is 61.2 Å². The lowest BCUT2D eigenvalue weighted by molar-refractivity contribution is 0.209. The van der Waals surface area contributed by atoms with Crippen molar-refractivity contribution in [1.29, 1.82) is 0 Å². The zero-order valence-corrected chi connectivity index (χ0v) is 21.9. The van der Waals surface area contributed by atoms with Crippen LogP contribution in [0.2, 0.25) is 0 Å². The first-order valence-electron chi connectivity index (χ1n) is 13.4. The lowest BCUT2D eigenvalue weighted by atomic mass is 10.00. The van der Waals surface area contributed by atoms with E-state index in [1.165, 1.54) is 5.69 Å². The van der Waals surface area contributed by atoms with Gasteiger partial charge in [0.25, 0.3) is 5.56 Å². The van der Waals surface area contributed by atoms with E-state index in [-0.39, 0.29) is 11.6 Å². The maximum Gasteiger partial charge on any atom is 0.321 e. The van der Waals surface area contributed by atoms with E-state index in [9.17, 15) is 9.59 Å². The number of urea groups is 1. The van der Waals surface area contributed by atoms with Gasteiger partial charge in [-0.05, 0) is 78.4 Å². The molecule has 3 aromatic carbocycles. The summed E-state index contributed by atoms with van der Waals surface area (Å²) in [6, 6.07) is 25.0. The van der Waals surface area contributed by atoms with Gasteiger partial charge in [-0.3, -0.25) is 14.6 Å². The number of nitrogens with one attached hydrogen (secondary N) is 2. The van der Waals surface area contributed by atoms with Gasteiger partial charge in [0.1, 0.15) is 0 Å². The summed E-state index contributed by atoms with van der Waals surface area (Å²) in [5, 5.41) is 3.80. The molecule has 7 nitrogen and oxygen atoms in total. The maximum absolute atomic E-state index is 12.9. The van der Waals surface area contributed by atoms with Crippen LogP contribution in [0, 0.1) is 0 Å². The van der Waals surface area contributed by atoms with Crippen LogP contribution in [0.25, 0.3) is 33.2 Å². The van der Waals surface area contributed by atoms with Crippen LogP contribution in [0.3, 0.4) is 0 Å². The molecule has 7 heteroatoms. The summed E-state index contributed by atoms with van der Waals surface area (Å²) in [6.45, 7) is 10.1. The summed E-state index contributed by atoms with van der Waals surface area (Å²) >= 11 is 0. The van der Waals surface area contributed by atoms with Gasteiger partial charge in [0.05, 0.1) is 0 Å². The fraction of sp³-hybridized carbons (Fsp3) is 0.290. The van der Waals surface area contributed by atoms with Crippen LogP contribution in [0.4, 0.5) is 16.2 Å². The number of aromatic amines is 1. The molecule has 2 aliphatic rings. The van der Waals surface area contributed by atoms with Gasteiger partial charge >= 0.3 is 6.03 Å². The number of piperazine rings is 1. The number of pyridine rings is 1. The standard InChI is InChI=1S/C31H33N5O2/c1-21(2)34-15-17-35(18-16-34)26-8-3-22(4-9-26)24-7-12-29-25(19-24)20-28(30(37)33-29)23-5-10-27(11-6-23)36-14-13-32-31(36)38/h3-12,19-21H,13-18H2,1-2H3,(H,32,38)(H,33,37). The molecule has 0 spiro atoms. The first-order valence-corrected chi connectivity index (χ1v) is 13.4. The number of rotatable bonds is 5. The van der Waals surface area contributed by atoms with Crippen LogP contribution >= 0.6 is 0 Å². The summed E-state index contributed by atoms with van der Waals surface area (Å²) in [4.78, 5) is 34.6. The number of amides is 2. The molecule has 0 aliphatic carbocycles. The molecule has 2 aliphatic heterocycles. The number of nitrogens with zero attached hydrogens (tertiary/aromatic N) is 3. The smallest absolute Gasteiger partial charge is 0.321 e. The molecule has 38 heavy (non-hydrogen) atoms. The van der Waals surface area contributed by atoms with E-state index in [2.05, 4.69) is 70.3 Å². The van der Waals surface area contributed by atoms with Gasteiger partial charge in [-0.25, -0.2) is 4.79 Å². The molecule has 0 radical (unpaired) electrons. The second kappa shape index (κ2) is 9.99. The van der Waals surface area contributed by atoms with Crippen molar-refractivity contribution in [3.63, 3.8) is 0 Å². The van der Waals surface area contributed by atoms with E-state index in [0.29, 0.717) is 24.7 Å². The van der Waals surface area contributed by atoms with Crippen molar-refractivity contribution in [1.82, 2.24) is 15.2 Å². The Morgan fingerprint density at radius 1 is 0.711 bits per heavy atom. The lowest BCUT2D eigenvalue weighted by Crippen LogP contribution is -2.48. The highest BCUT2D eigenvalue weighted by atomic mass is 16.2. The van der Waals surface area contributed by atoms with Crippen molar-refractivity contribution in [2.75, 3.05) is 49.1 Å². The Hall–Kier alpha value is -4.10.